The molecule has 0 aromatic carbocycles. The predicted molar refractivity (Wildman–Crippen MR) is 76.1 cm³/mol. The fourth-order valence-corrected chi connectivity index (χ4v) is 2.46. The van der Waals surface area contributed by atoms with Gasteiger partial charge >= 0.3 is 0 Å². The maximum absolute atomic E-state index is 12.0. The van der Waals surface area contributed by atoms with Crippen molar-refractivity contribution in [1.82, 2.24) is 14.9 Å². The summed E-state index contributed by atoms with van der Waals surface area (Å²) in [6, 6.07) is 0. The number of carbonyl (C=O) groups is 1. The second kappa shape index (κ2) is 6.85. The molecule has 1 aliphatic rings. The fourth-order valence-electron chi connectivity index (χ4n) is 2.46. The largest absolute Gasteiger partial charge is 0.364 e. The number of carbonyl (C=O) groups excluding carboxylic acids is 1. The number of aryl methyl sites for hydroxylation is 1. The number of imidazole rings is 1. The lowest BCUT2D eigenvalue weighted by Crippen LogP contribution is -2.38. The molecule has 0 saturated carbocycles. The quantitative estimate of drug-likeness (QED) is 0.792. The summed E-state index contributed by atoms with van der Waals surface area (Å²) in [6.45, 7) is 6.06. The highest BCUT2D eigenvalue weighted by Crippen LogP contribution is 2.18. The topological polar surface area (TPSA) is 82.2 Å². The number of amides is 1. The first kappa shape index (κ1) is 15.0. The molecule has 1 amide bonds. The van der Waals surface area contributed by atoms with Gasteiger partial charge in [0.15, 0.2) is 0 Å². The van der Waals surface area contributed by atoms with E-state index in [1.807, 2.05) is 13.1 Å². The second-order valence-corrected chi connectivity index (χ2v) is 5.54. The van der Waals surface area contributed by atoms with Crippen LogP contribution < -0.4 is 11.1 Å². The number of nitrogens with two attached hydrogens (primary N) is 1. The highest BCUT2D eigenvalue weighted by molar-refractivity contribution is 5.81. The van der Waals surface area contributed by atoms with Crippen molar-refractivity contribution in [3.63, 3.8) is 0 Å². The minimum atomic E-state index is -0.328. The zero-order chi connectivity index (χ0) is 14.5. The Hall–Kier alpha value is -1.40. The van der Waals surface area contributed by atoms with Gasteiger partial charge in [-0.2, -0.15) is 0 Å². The molecule has 20 heavy (non-hydrogen) atoms. The monoisotopic (exact) mass is 280 g/mol. The van der Waals surface area contributed by atoms with E-state index in [1.54, 1.807) is 6.20 Å². The van der Waals surface area contributed by atoms with Gasteiger partial charge in [-0.3, -0.25) is 4.79 Å². The summed E-state index contributed by atoms with van der Waals surface area (Å²) in [4.78, 5) is 16.2. The van der Waals surface area contributed by atoms with Gasteiger partial charge in [-0.05, 0) is 25.7 Å². The van der Waals surface area contributed by atoms with Crippen LogP contribution in [0.3, 0.4) is 0 Å². The Balaban J connectivity index is 1.72. The van der Waals surface area contributed by atoms with E-state index in [0.717, 1.165) is 25.2 Å². The molecule has 1 saturated heterocycles. The molecule has 0 radical (unpaired) electrons. The SMILES string of the molecule is Cc1nccn1CC(C)CNC(=O)[C@@H]1CC[C@H](CN)O1. The van der Waals surface area contributed by atoms with Crippen LogP contribution in [0.15, 0.2) is 12.4 Å². The second-order valence-electron chi connectivity index (χ2n) is 5.54. The molecular formula is C14H24N4O2. The van der Waals surface area contributed by atoms with Gasteiger partial charge in [0.25, 0.3) is 0 Å². The third-order valence-electron chi connectivity index (χ3n) is 3.72. The number of ether oxygens (including phenoxy) is 1. The van der Waals surface area contributed by atoms with Gasteiger partial charge in [-0.25, -0.2) is 4.98 Å². The summed E-state index contributed by atoms with van der Waals surface area (Å²) >= 11 is 0. The molecule has 1 fully saturated rings. The molecular weight excluding hydrogens is 256 g/mol. The minimum absolute atomic E-state index is 0.0184. The molecule has 0 aliphatic carbocycles. The Morgan fingerprint density at radius 3 is 3.05 bits per heavy atom. The van der Waals surface area contributed by atoms with E-state index in [9.17, 15) is 4.79 Å². The number of hydrogen-bond donors (Lipinski definition) is 2. The normalized spacial score (nSPS) is 23.8. The van der Waals surface area contributed by atoms with E-state index in [2.05, 4.69) is 21.8 Å². The summed E-state index contributed by atoms with van der Waals surface area (Å²) in [5.41, 5.74) is 5.54. The van der Waals surface area contributed by atoms with E-state index < -0.39 is 0 Å². The lowest BCUT2D eigenvalue weighted by molar-refractivity contribution is -0.132. The van der Waals surface area contributed by atoms with Crippen molar-refractivity contribution in [3.8, 4) is 0 Å². The number of aromatic nitrogens is 2. The Bertz CT molecular complexity index is 446. The molecule has 6 nitrogen and oxygen atoms in total. The molecule has 6 heteroatoms. The van der Waals surface area contributed by atoms with Crippen molar-refractivity contribution in [3.05, 3.63) is 18.2 Å². The van der Waals surface area contributed by atoms with Crippen LogP contribution in [0, 0.1) is 12.8 Å². The molecule has 0 spiro atoms. The van der Waals surface area contributed by atoms with Crippen molar-refractivity contribution >= 4 is 5.91 Å². The molecule has 3 atom stereocenters. The van der Waals surface area contributed by atoms with Crippen LogP contribution in [-0.2, 0) is 16.1 Å². The average molecular weight is 280 g/mol. The molecule has 2 heterocycles. The Labute approximate surface area is 119 Å². The van der Waals surface area contributed by atoms with Gasteiger partial charge in [0.1, 0.15) is 11.9 Å². The smallest absolute Gasteiger partial charge is 0.249 e. The summed E-state index contributed by atoms with van der Waals surface area (Å²) in [6.07, 6.45) is 5.10. The zero-order valence-electron chi connectivity index (χ0n) is 12.2. The molecule has 2 rings (SSSR count). The van der Waals surface area contributed by atoms with Gasteiger partial charge in [-0.1, -0.05) is 6.92 Å². The average Bonchev–Trinajstić information content (AvgIpc) is 3.06. The highest BCUT2D eigenvalue weighted by Gasteiger charge is 2.29. The van der Waals surface area contributed by atoms with Crippen LogP contribution in [-0.4, -0.2) is 40.8 Å². The van der Waals surface area contributed by atoms with Crippen LogP contribution >= 0.6 is 0 Å². The van der Waals surface area contributed by atoms with Crippen LogP contribution in [0.25, 0.3) is 0 Å². The van der Waals surface area contributed by atoms with Crippen molar-refractivity contribution < 1.29 is 9.53 Å². The lowest BCUT2D eigenvalue weighted by Gasteiger charge is -2.17. The van der Waals surface area contributed by atoms with Crippen LogP contribution in [0.1, 0.15) is 25.6 Å². The third-order valence-corrected chi connectivity index (χ3v) is 3.72. The third kappa shape index (κ3) is 3.80. The first-order valence-corrected chi connectivity index (χ1v) is 7.21. The summed E-state index contributed by atoms with van der Waals surface area (Å²) in [5, 5.41) is 2.96. The molecule has 0 bridgehead atoms. The molecule has 1 aromatic heterocycles. The number of nitrogens with one attached hydrogen (secondary N) is 1. The maximum atomic E-state index is 12.0. The molecule has 1 aliphatic heterocycles. The number of rotatable bonds is 6. The van der Waals surface area contributed by atoms with E-state index in [-0.39, 0.29) is 18.1 Å². The molecule has 1 unspecified atom stereocenters. The standard InChI is InChI=1S/C14H24N4O2/c1-10(9-18-6-5-16-11(18)2)8-17-14(19)13-4-3-12(7-15)20-13/h5-6,10,12-13H,3-4,7-9,15H2,1-2H3,(H,17,19)/t10?,12-,13+/m1/s1. The maximum Gasteiger partial charge on any atom is 0.249 e. The Morgan fingerprint density at radius 1 is 1.65 bits per heavy atom. The Morgan fingerprint density at radius 2 is 2.45 bits per heavy atom. The fraction of sp³-hybridized carbons (Fsp3) is 0.714. The van der Waals surface area contributed by atoms with E-state index >= 15 is 0 Å². The predicted octanol–water partition coefficient (Wildman–Crippen LogP) is 0.450. The van der Waals surface area contributed by atoms with Gasteiger partial charge in [0.2, 0.25) is 5.91 Å². The highest BCUT2D eigenvalue weighted by atomic mass is 16.5. The van der Waals surface area contributed by atoms with Crippen molar-refractivity contribution in [1.29, 1.82) is 0 Å². The number of nitrogens with zero attached hydrogens (tertiary/aromatic N) is 2. The van der Waals surface area contributed by atoms with Crippen molar-refractivity contribution in [2.24, 2.45) is 11.7 Å². The minimum Gasteiger partial charge on any atom is -0.364 e. The van der Waals surface area contributed by atoms with Crippen LogP contribution in [0.5, 0.6) is 0 Å². The first-order valence-electron chi connectivity index (χ1n) is 7.21. The zero-order valence-corrected chi connectivity index (χ0v) is 12.2. The van der Waals surface area contributed by atoms with E-state index in [4.69, 9.17) is 10.5 Å². The van der Waals surface area contributed by atoms with E-state index in [0.29, 0.717) is 19.0 Å². The number of hydrogen-bond acceptors (Lipinski definition) is 4. The molecule has 1 aromatic rings. The van der Waals surface area contributed by atoms with Gasteiger partial charge in [-0.15, -0.1) is 0 Å². The molecule has 3 N–H and O–H groups in total. The van der Waals surface area contributed by atoms with Crippen LogP contribution in [0.4, 0.5) is 0 Å². The Kier molecular flexibility index (Phi) is 5.14. The first-order chi connectivity index (χ1) is 9.60. The molecule has 112 valence electrons. The summed E-state index contributed by atoms with van der Waals surface area (Å²) in [5.74, 6) is 1.32. The van der Waals surface area contributed by atoms with Gasteiger partial charge in [0, 0.05) is 32.0 Å². The van der Waals surface area contributed by atoms with E-state index in [1.165, 1.54) is 0 Å². The van der Waals surface area contributed by atoms with Crippen molar-refractivity contribution in [2.45, 2.75) is 45.4 Å². The van der Waals surface area contributed by atoms with Gasteiger partial charge in [0.05, 0.1) is 6.10 Å². The van der Waals surface area contributed by atoms with Crippen molar-refractivity contribution in [2.75, 3.05) is 13.1 Å². The summed E-state index contributed by atoms with van der Waals surface area (Å²) < 4.78 is 7.67. The van der Waals surface area contributed by atoms with Crippen LogP contribution in [0.2, 0.25) is 0 Å². The lowest BCUT2D eigenvalue weighted by atomic mass is 10.1. The summed E-state index contributed by atoms with van der Waals surface area (Å²) in [7, 11) is 0. The van der Waals surface area contributed by atoms with Gasteiger partial charge < -0.3 is 20.4 Å².